The molecule has 1 amide bonds. The van der Waals surface area contributed by atoms with Crippen LogP contribution in [0.3, 0.4) is 0 Å². The molecule has 2 heterocycles. The Morgan fingerprint density at radius 3 is 3.09 bits per heavy atom. The Labute approximate surface area is 134 Å². The molecule has 1 aliphatic carbocycles. The minimum atomic E-state index is -0.382. The summed E-state index contributed by atoms with van der Waals surface area (Å²) in [5.41, 5.74) is 0.818. The molecule has 23 heavy (non-hydrogen) atoms. The third kappa shape index (κ3) is 4.06. The Morgan fingerprint density at radius 2 is 2.30 bits per heavy atom. The van der Waals surface area contributed by atoms with Crippen molar-refractivity contribution in [3.8, 4) is 5.88 Å². The molecular formula is C16H20N4O3. The molecule has 1 N–H and O–H groups in total. The van der Waals surface area contributed by atoms with Gasteiger partial charge in [-0.2, -0.15) is 0 Å². The highest BCUT2D eigenvalue weighted by Crippen LogP contribution is 2.38. The summed E-state index contributed by atoms with van der Waals surface area (Å²) in [5.74, 6) is 1.06. The van der Waals surface area contributed by atoms with Crippen molar-refractivity contribution in [3.05, 3.63) is 35.7 Å². The number of rotatable bonds is 8. The van der Waals surface area contributed by atoms with E-state index in [-0.39, 0.29) is 11.8 Å². The van der Waals surface area contributed by atoms with Crippen molar-refractivity contribution in [2.75, 3.05) is 6.61 Å². The van der Waals surface area contributed by atoms with E-state index >= 15 is 0 Å². The maximum atomic E-state index is 12.1. The number of carbonyl (C=O) groups is 1. The van der Waals surface area contributed by atoms with Gasteiger partial charge in [-0.15, -0.1) is 10.2 Å². The lowest BCUT2D eigenvalue weighted by Gasteiger charge is -2.10. The molecule has 1 fully saturated rings. The van der Waals surface area contributed by atoms with Crippen molar-refractivity contribution in [2.24, 2.45) is 0 Å². The summed E-state index contributed by atoms with van der Waals surface area (Å²) in [5, 5.41) is 10.5. The fourth-order valence-electron chi connectivity index (χ4n) is 2.07. The molecule has 1 aliphatic rings. The molecule has 0 saturated heterocycles. The zero-order valence-electron chi connectivity index (χ0n) is 13.1. The largest absolute Gasteiger partial charge is 0.477 e. The van der Waals surface area contributed by atoms with Crippen LogP contribution in [-0.4, -0.2) is 27.7 Å². The van der Waals surface area contributed by atoms with E-state index in [1.54, 1.807) is 6.20 Å². The molecule has 2 aromatic heterocycles. The molecule has 0 atom stereocenters. The van der Waals surface area contributed by atoms with Crippen molar-refractivity contribution in [3.63, 3.8) is 0 Å². The predicted molar refractivity (Wildman–Crippen MR) is 82.1 cm³/mol. The van der Waals surface area contributed by atoms with Crippen LogP contribution in [0.25, 0.3) is 0 Å². The van der Waals surface area contributed by atoms with Gasteiger partial charge in [-0.05, 0) is 25.3 Å². The maximum Gasteiger partial charge on any atom is 0.309 e. The van der Waals surface area contributed by atoms with Gasteiger partial charge < -0.3 is 14.5 Å². The lowest BCUT2D eigenvalue weighted by atomic mass is 10.2. The SMILES string of the molecule is CCCCOc1ncccc1CNC(=O)c1nnc(C2CC2)o1. The Kier molecular flexibility index (Phi) is 4.85. The van der Waals surface area contributed by atoms with E-state index in [4.69, 9.17) is 9.15 Å². The topological polar surface area (TPSA) is 90.1 Å². The lowest BCUT2D eigenvalue weighted by molar-refractivity contribution is 0.0914. The summed E-state index contributed by atoms with van der Waals surface area (Å²) in [7, 11) is 0. The fourth-order valence-corrected chi connectivity index (χ4v) is 2.07. The quantitative estimate of drug-likeness (QED) is 0.752. The number of unbranched alkanes of at least 4 members (excludes halogenated alkanes) is 1. The summed E-state index contributed by atoms with van der Waals surface area (Å²) in [6, 6.07) is 3.68. The molecule has 1 saturated carbocycles. The summed E-state index contributed by atoms with van der Waals surface area (Å²) < 4.78 is 11.0. The van der Waals surface area contributed by atoms with Crippen LogP contribution >= 0.6 is 0 Å². The molecule has 7 heteroatoms. The zero-order valence-corrected chi connectivity index (χ0v) is 13.1. The third-order valence-corrected chi connectivity index (χ3v) is 3.59. The second-order valence-corrected chi connectivity index (χ2v) is 5.57. The minimum Gasteiger partial charge on any atom is -0.477 e. The number of pyridine rings is 1. The summed E-state index contributed by atoms with van der Waals surface area (Å²) in [6.45, 7) is 3.02. The smallest absolute Gasteiger partial charge is 0.309 e. The van der Waals surface area contributed by atoms with Crippen LogP contribution in [0.15, 0.2) is 22.7 Å². The highest BCUT2D eigenvalue weighted by Gasteiger charge is 2.30. The first-order chi connectivity index (χ1) is 11.3. The number of amides is 1. The number of hydrogen-bond acceptors (Lipinski definition) is 6. The van der Waals surface area contributed by atoms with Gasteiger partial charge in [0, 0.05) is 24.2 Å². The van der Waals surface area contributed by atoms with Gasteiger partial charge in [-0.1, -0.05) is 19.4 Å². The van der Waals surface area contributed by atoms with Crippen molar-refractivity contribution in [1.29, 1.82) is 0 Å². The first-order valence-electron chi connectivity index (χ1n) is 7.96. The van der Waals surface area contributed by atoms with Gasteiger partial charge in [-0.3, -0.25) is 4.79 Å². The van der Waals surface area contributed by atoms with E-state index in [1.165, 1.54) is 0 Å². The molecule has 2 aromatic rings. The average Bonchev–Trinajstić information content (AvgIpc) is 3.31. The van der Waals surface area contributed by atoms with Gasteiger partial charge in [0.05, 0.1) is 6.61 Å². The second kappa shape index (κ2) is 7.21. The van der Waals surface area contributed by atoms with Gasteiger partial charge in [0.1, 0.15) is 0 Å². The molecule has 0 spiro atoms. The minimum absolute atomic E-state index is 0.00393. The lowest BCUT2D eigenvalue weighted by Crippen LogP contribution is -2.23. The van der Waals surface area contributed by atoms with Gasteiger partial charge in [0.25, 0.3) is 0 Å². The molecule has 0 aromatic carbocycles. The predicted octanol–water partition coefficient (Wildman–Crippen LogP) is 2.45. The highest BCUT2D eigenvalue weighted by atomic mass is 16.5. The second-order valence-electron chi connectivity index (χ2n) is 5.57. The Balaban J connectivity index is 1.57. The molecule has 0 aliphatic heterocycles. The standard InChI is InChI=1S/C16H20N4O3/c1-2-3-9-22-14-12(5-4-8-17-14)10-18-13(21)16-20-19-15(23-16)11-6-7-11/h4-5,8,11H,2-3,6-7,9-10H2,1H3,(H,18,21). The van der Waals surface area contributed by atoms with Gasteiger partial charge in [-0.25, -0.2) is 4.98 Å². The normalized spacial score (nSPS) is 13.8. The van der Waals surface area contributed by atoms with E-state index in [1.807, 2.05) is 12.1 Å². The molecule has 0 radical (unpaired) electrons. The van der Waals surface area contributed by atoms with Crippen LogP contribution in [0.5, 0.6) is 5.88 Å². The van der Waals surface area contributed by atoms with Crippen LogP contribution in [0.4, 0.5) is 0 Å². The third-order valence-electron chi connectivity index (χ3n) is 3.59. The average molecular weight is 316 g/mol. The fraction of sp³-hybridized carbons (Fsp3) is 0.500. The van der Waals surface area contributed by atoms with E-state index in [0.29, 0.717) is 30.8 Å². The number of carbonyl (C=O) groups excluding carboxylic acids is 1. The Morgan fingerprint density at radius 1 is 1.43 bits per heavy atom. The molecule has 3 rings (SSSR count). The van der Waals surface area contributed by atoms with Crippen LogP contribution in [0, 0.1) is 0 Å². The first-order valence-corrected chi connectivity index (χ1v) is 7.96. The van der Waals surface area contributed by atoms with E-state index in [0.717, 1.165) is 31.2 Å². The number of ether oxygens (including phenoxy) is 1. The number of hydrogen-bond donors (Lipinski definition) is 1. The van der Waals surface area contributed by atoms with E-state index < -0.39 is 0 Å². The van der Waals surface area contributed by atoms with Crippen LogP contribution in [0.1, 0.15) is 60.7 Å². The molecular weight excluding hydrogens is 296 g/mol. The van der Waals surface area contributed by atoms with Crippen LogP contribution < -0.4 is 10.1 Å². The number of nitrogens with zero attached hydrogens (tertiary/aromatic N) is 3. The van der Waals surface area contributed by atoms with Crippen molar-refractivity contribution >= 4 is 5.91 Å². The monoisotopic (exact) mass is 316 g/mol. The Bertz CT molecular complexity index is 667. The van der Waals surface area contributed by atoms with E-state index in [2.05, 4.69) is 27.4 Å². The summed E-state index contributed by atoms with van der Waals surface area (Å²) in [4.78, 5) is 16.3. The van der Waals surface area contributed by atoms with Crippen molar-refractivity contribution < 1.29 is 13.9 Å². The van der Waals surface area contributed by atoms with E-state index in [9.17, 15) is 4.79 Å². The summed E-state index contributed by atoms with van der Waals surface area (Å²) >= 11 is 0. The van der Waals surface area contributed by atoms with Crippen LogP contribution in [-0.2, 0) is 6.54 Å². The van der Waals surface area contributed by atoms with Gasteiger partial charge in [0.15, 0.2) is 0 Å². The van der Waals surface area contributed by atoms with Crippen molar-refractivity contribution in [2.45, 2.75) is 45.1 Å². The van der Waals surface area contributed by atoms with Crippen molar-refractivity contribution in [1.82, 2.24) is 20.5 Å². The first kappa shape index (κ1) is 15.5. The van der Waals surface area contributed by atoms with Gasteiger partial charge >= 0.3 is 11.8 Å². The molecule has 122 valence electrons. The maximum absolute atomic E-state index is 12.1. The molecule has 0 unspecified atom stereocenters. The highest BCUT2D eigenvalue weighted by molar-refractivity contribution is 5.89. The number of nitrogens with one attached hydrogen (secondary N) is 1. The molecule has 0 bridgehead atoms. The van der Waals surface area contributed by atoms with Gasteiger partial charge in [0.2, 0.25) is 11.8 Å². The zero-order chi connectivity index (χ0) is 16.1. The Hall–Kier alpha value is -2.44. The van der Waals surface area contributed by atoms with Crippen LogP contribution in [0.2, 0.25) is 0 Å². The number of aromatic nitrogens is 3. The summed E-state index contributed by atoms with van der Waals surface area (Å²) in [6.07, 6.45) is 5.80. The molecule has 7 nitrogen and oxygen atoms in total.